The molecule has 1 amide bonds. The van der Waals surface area contributed by atoms with E-state index in [-0.39, 0.29) is 11.4 Å². The van der Waals surface area contributed by atoms with Gasteiger partial charge in [-0.2, -0.15) is 0 Å². The molecule has 23 heavy (non-hydrogen) atoms. The number of aliphatic hydroxyl groups is 1. The molecule has 0 aliphatic heterocycles. The van der Waals surface area contributed by atoms with Crippen molar-refractivity contribution in [3.8, 4) is 0 Å². The quantitative estimate of drug-likeness (QED) is 0.798. The lowest BCUT2D eigenvalue weighted by Gasteiger charge is -2.57. The van der Waals surface area contributed by atoms with Crippen LogP contribution >= 0.6 is 0 Å². The molecule has 1 unspecified atom stereocenters. The zero-order valence-corrected chi connectivity index (χ0v) is 13.7. The monoisotopic (exact) mass is 314 g/mol. The summed E-state index contributed by atoms with van der Waals surface area (Å²) in [5, 5.41) is 16.1. The molecular formula is C19H26N2O2. The zero-order chi connectivity index (χ0) is 16.0. The molecule has 4 heteroatoms. The first kappa shape index (κ1) is 15.0. The Morgan fingerprint density at radius 1 is 1.09 bits per heavy atom. The molecule has 1 atom stereocenters. The molecule has 0 aromatic heterocycles. The molecule has 3 N–H and O–H groups in total. The number of carbonyl (C=O) groups excluding carboxylic acids is 1. The number of hydrogen-bond donors (Lipinski definition) is 3. The van der Waals surface area contributed by atoms with E-state index in [1.165, 1.54) is 45.4 Å². The van der Waals surface area contributed by atoms with Crippen LogP contribution in [0.5, 0.6) is 0 Å². The third-order valence-corrected chi connectivity index (χ3v) is 6.00. The van der Waals surface area contributed by atoms with Crippen molar-refractivity contribution in [3.63, 3.8) is 0 Å². The smallest absolute Gasteiger partial charge is 0.252 e. The van der Waals surface area contributed by atoms with Gasteiger partial charge in [-0.15, -0.1) is 0 Å². The van der Waals surface area contributed by atoms with E-state index in [9.17, 15) is 9.90 Å². The van der Waals surface area contributed by atoms with E-state index < -0.39 is 6.10 Å². The molecule has 4 saturated carbocycles. The predicted molar refractivity (Wildman–Crippen MR) is 91.3 cm³/mol. The van der Waals surface area contributed by atoms with Crippen LogP contribution in [0.15, 0.2) is 24.3 Å². The first-order valence-electron chi connectivity index (χ1n) is 8.89. The van der Waals surface area contributed by atoms with E-state index in [1.807, 2.05) is 24.3 Å². The van der Waals surface area contributed by atoms with Crippen molar-refractivity contribution in [2.24, 2.45) is 17.8 Å². The predicted octanol–water partition coefficient (Wildman–Crippen LogP) is 3.39. The molecule has 124 valence electrons. The van der Waals surface area contributed by atoms with Crippen molar-refractivity contribution in [2.75, 3.05) is 10.6 Å². The minimum atomic E-state index is -0.998. The second-order valence-corrected chi connectivity index (χ2v) is 8.03. The van der Waals surface area contributed by atoms with Gasteiger partial charge in [-0.3, -0.25) is 4.79 Å². The van der Waals surface area contributed by atoms with Crippen LogP contribution in [0.25, 0.3) is 0 Å². The minimum absolute atomic E-state index is 0.209. The number of hydrogen-bond acceptors (Lipinski definition) is 3. The van der Waals surface area contributed by atoms with Crippen LogP contribution in [0.4, 0.5) is 11.4 Å². The van der Waals surface area contributed by atoms with E-state index in [2.05, 4.69) is 10.6 Å². The number of aliphatic hydroxyl groups excluding tert-OH is 1. The average molecular weight is 314 g/mol. The van der Waals surface area contributed by atoms with Crippen LogP contribution in [0.3, 0.4) is 0 Å². The normalized spacial score (nSPS) is 35.8. The standard InChI is InChI=1S/C19H26N2O2/c1-12(22)18(23)20-16-4-2-3-5-17(16)21-19-9-13-6-14(10-19)8-15(7-13)11-19/h2-5,12-15,21-22H,6-11H2,1H3,(H,20,23). The summed E-state index contributed by atoms with van der Waals surface area (Å²) in [7, 11) is 0. The fourth-order valence-corrected chi connectivity index (χ4v) is 5.49. The Morgan fingerprint density at radius 2 is 1.61 bits per heavy atom. The van der Waals surface area contributed by atoms with Crippen LogP contribution in [-0.4, -0.2) is 22.7 Å². The Hall–Kier alpha value is -1.55. The van der Waals surface area contributed by atoms with E-state index in [0.29, 0.717) is 0 Å². The number of anilines is 2. The number of benzene rings is 1. The summed E-state index contributed by atoms with van der Waals surface area (Å²) in [6.07, 6.45) is 7.04. The van der Waals surface area contributed by atoms with Crippen LogP contribution in [0.1, 0.15) is 45.4 Å². The molecule has 0 spiro atoms. The Labute approximate surface area is 137 Å². The zero-order valence-electron chi connectivity index (χ0n) is 13.7. The van der Waals surface area contributed by atoms with Crippen molar-refractivity contribution in [2.45, 2.75) is 57.1 Å². The van der Waals surface area contributed by atoms with Gasteiger partial charge in [-0.05, 0) is 75.3 Å². The molecular weight excluding hydrogens is 288 g/mol. The summed E-state index contributed by atoms with van der Waals surface area (Å²) in [5.41, 5.74) is 1.97. The highest BCUT2D eigenvalue weighted by Crippen LogP contribution is 2.56. The highest BCUT2D eigenvalue weighted by Gasteiger charge is 2.51. The van der Waals surface area contributed by atoms with Crippen molar-refractivity contribution < 1.29 is 9.90 Å². The van der Waals surface area contributed by atoms with E-state index in [1.54, 1.807) is 0 Å². The van der Waals surface area contributed by atoms with Gasteiger partial charge in [0.05, 0.1) is 11.4 Å². The molecule has 4 fully saturated rings. The van der Waals surface area contributed by atoms with Gasteiger partial charge < -0.3 is 15.7 Å². The molecule has 4 aliphatic rings. The van der Waals surface area contributed by atoms with Gasteiger partial charge in [0, 0.05) is 5.54 Å². The molecule has 0 heterocycles. The van der Waals surface area contributed by atoms with E-state index in [4.69, 9.17) is 0 Å². The lowest BCUT2D eigenvalue weighted by atomic mass is 9.53. The van der Waals surface area contributed by atoms with Gasteiger partial charge in [0.1, 0.15) is 6.10 Å². The summed E-state index contributed by atoms with van der Waals surface area (Å²) in [5.74, 6) is 2.29. The maximum atomic E-state index is 11.8. The van der Waals surface area contributed by atoms with Crippen molar-refractivity contribution in [1.82, 2.24) is 0 Å². The van der Waals surface area contributed by atoms with Crippen LogP contribution in [-0.2, 0) is 4.79 Å². The number of nitrogens with one attached hydrogen (secondary N) is 2. The van der Waals surface area contributed by atoms with Crippen LogP contribution < -0.4 is 10.6 Å². The maximum absolute atomic E-state index is 11.8. The second-order valence-electron chi connectivity index (χ2n) is 8.03. The highest BCUT2D eigenvalue weighted by atomic mass is 16.3. The lowest BCUT2D eigenvalue weighted by Crippen LogP contribution is -2.54. The largest absolute Gasteiger partial charge is 0.384 e. The summed E-state index contributed by atoms with van der Waals surface area (Å²) >= 11 is 0. The van der Waals surface area contributed by atoms with Crippen LogP contribution in [0.2, 0.25) is 0 Å². The van der Waals surface area contributed by atoms with Crippen LogP contribution in [0, 0.1) is 17.8 Å². The molecule has 0 saturated heterocycles. The molecule has 4 bridgehead atoms. The molecule has 1 aromatic carbocycles. The average Bonchev–Trinajstić information content (AvgIpc) is 2.47. The fraction of sp³-hybridized carbons (Fsp3) is 0.632. The lowest BCUT2D eigenvalue weighted by molar-refractivity contribution is -0.123. The van der Waals surface area contributed by atoms with E-state index >= 15 is 0 Å². The number of rotatable bonds is 4. The van der Waals surface area contributed by atoms with Gasteiger partial charge >= 0.3 is 0 Å². The third kappa shape index (κ3) is 2.85. The van der Waals surface area contributed by atoms with Gasteiger partial charge in [0.25, 0.3) is 5.91 Å². The van der Waals surface area contributed by atoms with Crippen molar-refractivity contribution in [1.29, 1.82) is 0 Å². The maximum Gasteiger partial charge on any atom is 0.252 e. The highest BCUT2D eigenvalue weighted by molar-refractivity contribution is 5.96. The Morgan fingerprint density at radius 3 is 2.13 bits per heavy atom. The summed E-state index contributed by atoms with van der Waals surface area (Å²) in [6.45, 7) is 1.49. The van der Waals surface area contributed by atoms with Gasteiger partial charge in [-0.25, -0.2) is 0 Å². The minimum Gasteiger partial charge on any atom is -0.384 e. The van der Waals surface area contributed by atoms with Gasteiger partial charge in [0.15, 0.2) is 0 Å². The number of amides is 1. The Balaban J connectivity index is 1.56. The molecule has 4 aliphatic carbocycles. The summed E-state index contributed by atoms with van der Waals surface area (Å²) < 4.78 is 0. The first-order valence-corrected chi connectivity index (χ1v) is 8.89. The number of para-hydroxylation sites is 2. The van der Waals surface area contributed by atoms with Crippen molar-refractivity contribution in [3.05, 3.63) is 24.3 Å². The van der Waals surface area contributed by atoms with E-state index in [0.717, 1.165) is 29.1 Å². The van der Waals surface area contributed by atoms with Gasteiger partial charge in [0.2, 0.25) is 0 Å². The summed E-state index contributed by atoms with van der Waals surface area (Å²) in [6, 6.07) is 7.86. The second kappa shape index (κ2) is 5.52. The first-order chi connectivity index (χ1) is 11.0. The Kier molecular flexibility index (Phi) is 3.60. The number of carbonyl (C=O) groups is 1. The Bertz CT molecular complexity index is 576. The molecule has 5 rings (SSSR count). The fourth-order valence-electron chi connectivity index (χ4n) is 5.49. The van der Waals surface area contributed by atoms with Gasteiger partial charge in [-0.1, -0.05) is 12.1 Å². The third-order valence-electron chi connectivity index (χ3n) is 6.00. The SMILES string of the molecule is CC(O)C(=O)Nc1ccccc1NC12CC3CC(CC(C3)C1)C2. The molecule has 4 nitrogen and oxygen atoms in total. The molecule has 0 radical (unpaired) electrons. The topological polar surface area (TPSA) is 61.4 Å². The summed E-state index contributed by atoms with van der Waals surface area (Å²) in [4.78, 5) is 11.8. The molecule has 1 aromatic rings. The van der Waals surface area contributed by atoms with Crippen molar-refractivity contribution >= 4 is 17.3 Å².